The number of halogens is 2. The van der Waals surface area contributed by atoms with E-state index in [0.717, 1.165) is 23.2 Å². The second kappa shape index (κ2) is 4.85. The molecule has 18 heavy (non-hydrogen) atoms. The van der Waals surface area contributed by atoms with Crippen LogP contribution in [0.1, 0.15) is 0 Å². The Hall–Kier alpha value is 0.0295. The van der Waals surface area contributed by atoms with Crippen LogP contribution in [0, 0.1) is 0 Å². The molecule has 1 aliphatic heterocycles. The van der Waals surface area contributed by atoms with E-state index < -0.39 is 10.1 Å². The first-order valence-corrected chi connectivity index (χ1v) is 10.2. The molecule has 0 radical (unpaired) electrons. The molecule has 0 amide bonds. The second-order valence-electron chi connectivity index (χ2n) is 3.87. The molecule has 6 heteroatoms. The van der Waals surface area contributed by atoms with Crippen LogP contribution in [0.3, 0.4) is 0 Å². The third kappa shape index (κ3) is 2.05. The molecule has 0 atom stereocenters. The van der Waals surface area contributed by atoms with Crippen LogP contribution in [0.25, 0.3) is 0 Å². The maximum atomic E-state index is 13.2. The van der Waals surface area contributed by atoms with Crippen molar-refractivity contribution in [1.29, 1.82) is 0 Å². The first kappa shape index (κ1) is 13.0. The van der Waals surface area contributed by atoms with Gasteiger partial charge in [0.25, 0.3) is 0 Å². The molecule has 0 aliphatic carbocycles. The minimum atomic E-state index is -2.63. The number of thiol groups is 1. The number of hydrogen-bond acceptors (Lipinski definition) is 1. The van der Waals surface area contributed by atoms with Crippen molar-refractivity contribution in [2.45, 2.75) is 9.79 Å². The number of fused-ring (bicyclic) bond motifs is 1. The number of benzene rings is 2. The Morgan fingerprint density at radius 2 is 1.78 bits per heavy atom. The zero-order chi connectivity index (χ0) is 12.8. The fourth-order valence-electron chi connectivity index (χ4n) is 1.85. The predicted octanol–water partition coefficient (Wildman–Crippen LogP) is 2.41. The average Bonchev–Trinajstić information content (AvgIpc) is 2.71. The van der Waals surface area contributed by atoms with E-state index in [2.05, 4.69) is 35.6 Å². The molecule has 0 fully saturated rings. The summed E-state index contributed by atoms with van der Waals surface area (Å²) >= 11 is 6.98. The van der Waals surface area contributed by atoms with Crippen LogP contribution in [-0.2, 0) is 10.1 Å². The fraction of sp³-hybridized carbons (Fsp3) is 0. The molecule has 0 bridgehead atoms. The zero-order valence-corrected chi connectivity index (χ0v) is 14.8. The summed E-state index contributed by atoms with van der Waals surface area (Å²) in [6.45, 7) is 0. The van der Waals surface area contributed by atoms with Crippen LogP contribution in [0.5, 0.6) is 0 Å². The Labute approximate surface area is 130 Å². The third-order valence-corrected chi connectivity index (χ3v) is 10.8. The van der Waals surface area contributed by atoms with Gasteiger partial charge in [0.05, 0.1) is 0 Å². The molecule has 0 unspecified atom stereocenters. The van der Waals surface area contributed by atoms with Crippen LogP contribution in [0.2, 0.25) is 0 Å². The molecule has 0 spiro atoms. The quantitative estimate of drug-likeness (QED) is 0.504. The molecule has 0 saturated heterocycles. The van der Waals surface area contributed by atoms with E-state index in [0.29, 0.717) is 0 Å². The Morgan fingerprint density at radius 3 is 2.50 bits per heavy atom. The van der Waals surface area contributed by atoms with Crippen LogP contribution < -0.4 is 8.20 Å². The third-order valence-electron chi connectivity index (χ3n) is 2.75. The van der Waals surface area contributed by atoms with E-state index in [-0.39, 0.29) is 15.2 Å². The van der Waals surface area contributed by atoms with Crippen molar-refractivity contribution in [2.24, 2.45) is 0 Å². The molecular weight excluding hydrogens is 445 g/mol. The van der Waals surface area contributed by atoms with Gasteiger partial charge in [-0.2, -0.15) is 0 Å². The first-order chi connectivity index (χ1) is 8.61. The van der Waals surface area contributed by atoms with Gasteiger partial charge < -0.3 is 0 Å². The van der Waals surface area contributed by atoms with Gasteiger partial charge in [0.2, 0.25) is 0 Å². The molecule has 2 aromatic carbocycles. The van der Waals surface area contributed by atoms with Crippen molar-refractivity contribution in [2.75, 3.05) is 0 Å². The van der Waals surface area contributed by atoms with Crippen molar-refractivity contribution in [1.82, 2.24) is 3.74 Å². The summed E-state index contributed by atoms with van der Waals surface area (Å²) < 4.78 is 19.6. The van der Waals surface area contributed by atoms with Gasteiger partial charge in [0.15, 0.2) is 0 Å². The molecule has 2 aromatic rings. The van der Waals surface area contributed by atoms with Gasteiger partial charge in [-0.3, -0.25) is 0 Å². The monoisotopic (exact) mass is 453 g/mol. The van der Waals surface area contributed by atoms with Gasteiger partial charge in [-0.15, -0.1) is 0 Å². The molecule has 1 N–H and O–H groups in total. The molecule has 0 aromatic heterocycles. The van der Waals surface area contributed by atoms with Gasteiger partial charge in [-0.1, -0.05) is 0 Å². The van der Waals surface area contributed by atoms with Gasteiger partial charge in [0.1, 0.15) is 0 Å². The average molecular weight is 454 g/mol. The zero-order valence-electron chi connectivity index (χ0n) is 9.06. The summed E-state index contributed by atoms with van der Waals surface area (Å²) in [5, 5.41) is 0. The van der Waals surface area contributed by atoms with Crippen molar-refractivity contribution in [3.05, 3.63) is 51.4 Å². The summed E-state index contributed by atoms with van der Waals surface area (Å²) in [7, 11) is -2.63. The number of nitrogens with one attached hydrogen (secondary N) is 1. The van der Waals surface area contributed by atoms with Crippen molar-refractivity contribution in [3.8, 4) is 0 Å². The minimum absolute atomic E-state index is 0.0536. The van der Waals surface area contributed by atoms with Crippen molar-refractivity contribution < 1.29 is 4.21 Å². The van der Waals surface area contributed by atoms with Gasteiger partial charge in [0, 0.05) is 0 Å². The number of rotatable bonds is 1. The standard InChI is InChI=1S/C12H9Br2NOSSe/c13-8-4-6-9(7-5-8)17(16)11-3-1-2-10(14)12(11)18-15-17/h1-7,17H,(H,15,16). The van der Waals surface area contributed by atoms with Gasteiger partial charge >= 0.3 is 131 Å². The van der Waals surface area contributed by atoms with E-state index >= 15 is 0 Å². The van der Waals surface area contributed by atoms with E-state index in [1.807, 2.05) is 42.5 Å². The van der Waals surface area contributed by atoms with Crippen LogP contribution in [0.15, 0.2) is 61.2 Å². The molecule has 0 saturated carbocycles. The molecule has 2 nitrogen and oxygen atoms in total. The predicted molar refractivity (Wildman–Crippen MR) is 82.9 cm³/mol. The van der Waals surface area contributed by atoms with E-state index in [4.69, 9.17) is 0 Å². The summed E-state index contributed by atoms with van der Waals surface area (Å²) in [6.07, 6.45) is 0. The Morgan fingerprint density at radius 1 is 1.06 bits per heavy atom. The van der Waals surface area contributed by atoms with E-state index in [9.17, 15) is 4.21 Å². The summed E-state index contributed by atoms with van der Waals surface area (Å²) in [5.74, 6) is 0. The molecular formula is C12H9Br2NOSSe. The van der Waals surface area contributed by atoms with Crippen LogP contribution in [0.4, 0.5) is 0 Å². The van der Waals surface area contributed by atoms with Crippen LogP contribution >= 0.6 is 31.9 Å². The number of hydrogen-bond donors (Lipinski definition) is 2. The van der Waals surface area contributed by atoms with E-state index in [1.165, 1.54) is 0 Å². The molecule has 3 rings (SSSR count). The summed E-state index contributed by atoms with van der Waals surface area (Å²) in [6, 6.07) is 13.6. The molecule has 94 valence electrons. The Balaban J connectivity index is 2.18. The summed E-state index contributed by atoms with van der Waals surface area (Å²) in [4.78, 5) is 1.81. The summed E-state index contributed by atoms with van der Waals surface area (Å²) in [5.41, 5.74) is 0. The molecule has 1 heterocycles. The van der Waals surface area contributed by atoms with Gasteiger partial charge in [-0.05, 0) is 0 Å². The molecule has 1 aliphatic rings. The SMILES string of the molecule is O=[SH]1(c2ccc(Br)cc2)N[Se]c2c(Br)cccc21. The fourth-order valence-corrected chi connectivity index (χ4v) is 9.45. The normalized spacial score (nSPS) is 18.3. The van der Waals surface area contributed by atoms with Gasteiger partial charge in [-0.25, -0.2) is 0 Å². The van der Waals surface area contributed by atoms with Crippen molar-refractivity contribution in [3.63, 3.8) is 0 Å². The van der Waals surface area contributed by atoms with E-state index in [1.54, 1.807) is 0 Å². The second-order valence-corrected chi connectivity index (χ2v) is 10.5. The maximum absolute atomic E-state index is 13.2. The topological polar surface area (TPSA) is 29.1 Å². The van der Waals surface area contributed by atoms with Crippen LogP contribution in [-0.4, -0.2) is 19.4 Å². The Bertz CT molecular complexity index is 660. The Kier molecular flexibility index (Phi) is 3.51. The first-order valence-electron chi connectivity index (χ1n) is 5.20. The van der Waals surface area contributed by atoms with Crippen molar-refractivity contribution >= 4 is 61.6 Å².